The van der Waals surface area contributed by atoms with Gasteiger partial charge in [-0.1, -0.05) is 6.07 Å². The zero-order valence-corrected chi connectivity index (χ0v) is 16.7. The number of aryl methyl sites for hydroxylation is 1. The lowest BCUT2D eigenvalue weighted by Crippen LogP contribution is -2.59. The molecule has 1 aromatic carbocycles. The molecular weight excluding hydrogens is 352 g/mol. The van der Waals surface area contributed by atoms with E-state index in [0.29, 0.717) is 24.8 Å². The largest absolute Gasteiger partial charge is 0.454 e. The van der Waals surface area contributed by atoms with E-state index in [1.165, 1.54) is 42.8 Å². The van der Waals surface area contributed by atoms with Crippen LogP contribution in [0.15, 0.2) is 24.4 Å². The first kappa shape index (κ1) is 16.9. The number of nitrogens with zero attached hydrogens (tertiary/aromatic N) is 4. The molecule has 4 fully saturated rings. The lowest BCUT2D eigenvalue weighted by Gasteiger charge is -2.51. The minimum Gasteiger partial charge on any atom is -0.454 e. The normalized spacial score (nSPS) is 33.4. The van der Waals surface area contributed by atoms with Gasteiger partial charge in [-0.2, -0.15) is 5.10 Å². The molecule has 6 heteroatoms. The Kier molecular flexibility index (Phi) is 3.75. The second-order valence-electron chi connectivity index (χ2n) is 8.88. The highest BCUT2D eigenvalue weighted by atomic mass is 16.7. The zero-order chi connectivity index (χ0) is 18.8. The summed E-state index contributed by atoms with van der Waals surface area (Å²) in [5, 5.41) is 4.48. The average Bonchev–Trinajstić information content (AvgIpc) is 3.43. The van der Waals surface area contributed by atoms with Crippen LogP contribution in [-0.4, -0.2) is 58.1 Å². The molecule has 7 rings (SSSR count). The highest BCUT2D eigenvalue weighted by molar-refractivity contribution is 5.46. The van der Waals surface area contributed by atoms with Crippen LogP contribution in [0.3, 0.4) is 0 Å². The number of fused-ring (bicyclic) bond motifs is 3. The van der Waals surface area contributed by atoms with E-state index in [2.05, 4.69) is 46.2 Å². The fraction of sp³-hybridized carbons (Fsp3) is 0.591. The minimum absolute atomic E-state index is 0.343. The summed E-state index contributed by atoms with van der Waals surface area (Å²) in [5.74, 6) is 3.14. The number of ether oxygens (including phenoxy) is 2. The number of aromatic nitrogens is 2. The number of hydrogen-bond acceptors (Lipinski definition) is 5. The summed E-state index contributed by atoms with van der Waals surface area (Å²) in [5.41, 5.74) is 4.05. The Hall–Kier alpha value is -2.05. The number of likely N-dealkylation sites (tertiary alicyclic amines) is 1. The molecule has 0 aliphatic carbocycles. The molecule has 6 heterocycles. The van der Waals surface area contributed by atoms with Gasteiger partial charge in [0.1, 0.15) is 0 Å². The van der Waals surface area contributed by atoms with E-state index in [0.717, 1.165) is 30.5 Å². The first-order valence-electron chi connectivity index (χ1n) is 10.5. The molecule has 0 N–H and O–H groups in total. The molecule has 5 aliphatic heterocycles. The van der Waals surface area contributed by atoms with Crippen LogP contribution in [0.5, 0.6) is 11.5 Å². The van der Waals surface area contributed by atoms with E-state index in [-0.39, 0.29) is 0 Å². The van der Waals surface area contributed by atoms with Gasteiger partial charge in [0.15, 0.2) is 11.5 Å². The molecule has 4 saturated heterocycles. The summed E-state index contributed by atoms with van der Waals surface area (Å²) in [6.45, 7) is 7.15. The molecule has 0 radical (unpaired) electrons. The van der Waals surface area contributed by atoms with Gasteiger partial charge in [0, 0.05) is 49.4 Å². The molecule has 0 saturated carbocycles. The summed E-state index contributed by atoms with van der Waals surface area (Å²) < 4.78 is 13.2. The summed E-state index contributed by atoms with van der Waals surface area (Å²) in [4.78, 5) is 5.51. The average molecular weight is 380 g/mol. The summed E-state index contributed by atoms with van der Waals surface area (Å²) >= 11 is 0. The highest BCUT2D eigenvalue weighted by Crippen LogP contribution is 2.48. The Balaban J connectivity index is 1.35. The number of piperidine rings is 3. The van der Waals surface area contributed by atoms with E-state index >= 15 is 0 Å². The standard InChI is InChI=1S/C22H28N4O2/c1-14-17(10-23-24(14)2)11-26-12-18(16-3-4-19-20(9-16)28-13-27-19)22-21(26)15-5-7-25(22)8-6-15/h3-4,9-10,15,18,21-22H,5-8,11-13H2,1-2H3/t18-,21+,22+/m0/s1. The number of hydrogen-bond donors (Lipinski definition) is 0. The van der Waals surface area contributed by atoms with Gasteiger partial charge in [-0.05, 0) is 56.5 Å². The van der Waals surface area contributed by atoms with Crippen molar-refractivity contribution in [3.8, 4) is 11.5 Å². The molecule has 0 unspecified atom stereocenters. The van der Waals surface area contributed by atoms with E-state index in [1.54, 1.807) is 0 Å². The number of rotatable bonds is 3. The van der Waals surface area contributed by atoms with Crippen LogP contribution in [0.1, 0.15) is 35.6 Å². The van der Waals surface area contributed by atoms with Gasteiger partial charge >= 0.3 is 0 Å². The van der Waals surface area contributed by atoms with Crippen molar-refractivity contribution in [3.05, 3.63) is 41.2 Å². The molecule has 148 valence electrons. The van der Waals surface area contributed by atoms with Crippen molar-refractivity contribution in [2.45, 2.75) is 44.3 Å². The van der Waals surface area contributed by atoms with Crippen LogP contribution in [0.25, 0.3) is 0 Å². The van der Waals surface area contributed by atoms with E-state index in [1.807, 2.05) is 11.7 Å². The van der Waals surface area contributed by atoms with Crippen LogP contribution < -0.4 is 9.47 Å². The van der Waals surface area contributed by atoms with Crippen molar-refractivity contribution in [1.82, 2.24) is 19.6 Å². The third-order valence-electron chi connectivity index (χ3n) is 7.63. The van der Waals surface area contributed by atoms with Crippen LogP contribution in [0.4, 0.5) is 0 Å². The van der Waals surface area contributed by atoms with E-state index in [4.69, 9.17) is 9.47 Å². The Bertz CT molecular complexity index is 902. The Morgan fingerprint density at radius 3 is 2.71 bits per heavy atom. The van der Waals surface area contributed by atoms with E-state index in [9.17, 15) is 0 Å². The first-order chi connectivity index (χ1) is 13.7. The molecule has 0 spiro atoms. The minimum atomic E-state index is 0.343. The SMILES string of the molecule is Cc1c(CN2C[C@@H](c3ccc4c(c3)OCO4)[C@@H]3[C@H]2C2CCN3CC2)cnn1C. The van der Waals surface area contributed by atoms with E-state index < -0.39 is 0 Å². The zero-order valence-electron chi connectivity index (χ0n) is 16.7. The molecule has 2 aromatic rings. The third kappa shape index (κ3) is 2.44. The van der Waals surface area contributed by atoms with Crippen molar-refractivity contribution < 1.29 is 9.47 Å². The molecule has 6 nitrogen and oxygen atoms in total. The number of benzene rings is 1. The molecular formula is C22H28N4O2. The molecule has 28 heavy (non-hydrogen) atoms. The lowest BCUT2D eigenvalue weighted by molar-refractivity contribution is -0.00874. The second kappa shape index (κ2) is 6.22. The predicted molar refractivity (Wildman–Crippen MR) is 106 cm³/mol. The predicted octanol–water partition coefficient (Wildman–Crippen LogP) is 2.52. The quantitative estimate of drug-likeness (QED) is 0.819. The van der Waals surface area contributed by atoms with Crippen molar-refractivity contribution in [3.63, 3.8) is 0 Å². The van der Waals surface area contributed by atoms with Gasteiger partial charge < -0.3 is 9.47 Å². The lowest BCUT2D eigenvalue weighted by atomic mass is 9.75. The topological polar surface area (TPSA) is 42.8 Å². The smallest absolute Gasteiger partial charge is 0.231 e. The molecule has 5 aliphatic rings. The Labute approximate surface area is 166 Å². The van der Waals surface area contributed by atoms with Gasteiger partial charge in [-0.15, -0.1) is 0 Å². The summed E-state index contributed by atoms with van der Waals surface area (Å²) in [6.07, 6.45) is 4.74. The Morgan fingerprint density at radius 1 is 1.11 bits per heavy atom. The van der Waals surface area contributed by atoms with Crippen molar-refractivity contribution in [2.24, 2.45) is 13.0 Å². The molecule has 0 amide bonds. The molecule has 3 atom stereocenters. The van der Waals surface area contributed by atoms with Crippen molar-refractivity contribution in [2.75, 3.05) is 26.4 Å². The van der Waals surface area contributed by atoms with Gasteiger partial charge in [0.25, 0.3) is 0 Å². The van der Waals surface area contributed by atoms with Crippen molar-refractivity contribution >= 4 is 0 Å². The third-order valence-corrected chi connectivity index (χ3v) is 7.63. The summed E-state index contributed by atoms with van der Waals surface area (Å²) in [6, 6.07) is 7.85. The maximum Gasteiger partial charge on any atom is 0.231 e. The Morgan fingerprint density at radius 2 is 1.93 bits per heavy atom. The second-order valence-corrected chi connectivity index (χ2v) is 8.88. The van der Waals surface area contributed by atoms with Gasteiger partial charge in [0.05, 0.1) is 6.20 Å². The van der Waals surface area contributed by atoms with Gasteiger partial charge in [-0.3, -0.25) is 14.5 Å². The van der Waals surface area contributed by atoms with Crippen LogP contribution in [0.2, 0.25) is 0 Å². The van der Waals surface area contributed by atoms with Crippen LogP contribution in [0, 0.1) is 12.8 Å². The highest BCUT2D eigenvalue weighted by Gasteiger charge is 2.53. The maximum absolute atomic E-state index is 5.68. The molecule has 2 bridgehead atoms. The van der Waals surface area contributed by atoms with Crippen molar-refractivity contribution in [1.29, 1.82) is 0 Å². The fourth-order valence-electron chi connectivity index (χ4n) is 6.08. The van der Waals surface area contributed by atoms with Gasteiger partial charge in [-0.25, -0.2) is 0 Å². The van der Waals surface area contributed by atoms with Gasteiger partial charge in [0.2, 0.25) is 6.79 Å². The molecule has 1 aromatic heterocycles. The first-order valence-corrected chi connectivity index (χ1v) is 10.5. The fourth-order valence-corrected chi connectivity index (χ4v) is 6.08. The van der Waals surface area contributed by atoms with Crippen LogP contribution in [-0.2, 0) is 13.6 Å². The monoisotopic (exact) mass is 380 g/mol. The maximum atomic E-state index is 5.68. The van der Waals surface area contributed by atoms with Crippen LogP contribution >= 0.6 is 0 Å². The summed E-state index contributed by atoms with van der Waals surface area (Å²) in [7, 11) is 2.04.